The van der Waals surface area contributed by atoms with Gasteiger partial charge in [-0.2, -0.15) is 5.26 Å². The van der Waals surface area contributed by atoms with E-state index in [1.165, 1.54) is 7.11 Å². The Kier molecular flexibility index (Phi) is 7.04. The lowest BCUT2D eigenvalue weighted by atomic mass is 10.2. The van der Waals surface area contributed by atoms with Crippen molar-refractivity contribution in [3.63, 3.8) is 0 Å². The van der Waals surface area contributed by atoms with Crippen LogP contribution >= 0.6 is 11.6 Å². The van der Waals surface area contributed by atoms with Crippen LogP contribution in [0, 0.1) is 11.3 Å². The maximum Gasteiger partial charge on any atom is 0.174 e. The molecule has 0 saturated heterocycles. The van der Waals surface area contributed by atoms with Crippen molar-refractivity contribution in [1.29, 1.82) is 5.26 Å². The summed E-state index contributed by atoms with van der Waals surface area (Å²) in [4.78, 5) is 0. The number of ether oxygens (including phenoxy) is 3. The van der Waals surface area contributed by atoms with Gasteiger partial charge < -0.3 is 19.5 Å². The Bertz CT molecular complexity index is 446. The fraction of sp³-hybridized carbons (Fsp3) is 0.462. The Balaban J connectivity index is 2.85. The van der Waals surface area contributed by atoms with E-state index in [0.29, 0.717) is 36.2 Å². The zero-order chi connectivity index (χ0) is 14.1. The molecule has 6 heteroatoms. The van der Waals surface area contributed by atoms with Gasteiger partial charge in [-0.25, -0.2) is 0 Å². The molecule has 0 saturated carbocycles. The molecule has 0 aromatic heterocycles. The number of hydrogen-bond acceptors (Lipinski definition) is 5. The van der Waals surface area contributed by atoms with E-state index >= 15 is 0 Å². The molecule has 0 aliphatic rings. The van der Waals surface area contributed by atoms with Crippen LogP contribution in [-0.2, 0) is 11.3 Å². The topological polar surface area (TPSA) is 63.5 Å². The lowest BCUT2D eigenvalue weighted by molar-refractivity contribution is 0.199. The zero-order valence-electron chi connectivity index (χ0n) is 11.0. The van der Waals surface area contributed by atoms with Crippen LogP contribution in [0.3, 0.4) is 0 Å². The van der Waals surface area contributed by atoms with E-state index in [0.717, 1.165) is 5.56 Å². The molecular weight excluding hydrogens is 268 g/mol. The maximum absolute atomic E-state index is 8.61. The van der Waals surface area contributed by atoms with Gasteiger partial charge in [0.2, 0.25) is 0 Å². The third-order valence-corrected chi connectivity index (χ3v) is 2.61. The highest BCUT2D eigenvalue weighted by molar-refractivity contribution is 6.30. The first-order chi connectivity index (χ1) is 9.22. The molecule has 0 atom stereocenters. The predicted octanol–water partition coefficient (Wildman–Crippen LogP) is 1.99. The van der Waals surface area contributed by atoms with Gasteiger partial charge in [0.25, 0.3) is 0 Å². The summed E-state index contributed by atoms with van der Waals surface area (Å²) in [6.07, 6.45) is 0. The van der Waals surface area contributed by atoms with Crippen LogP contribution in [0.2, 0.25) is 5.02 Å². The van der Waals surface area contributed by atoms with Gasteiger partial charge in [-0.15, -0.1) is 0 Å². The minimum atomic E-state index is -0.0386. The Morgan fingerprint density at radius 1 is 1.37 bits per heavy atom. The second-order valence-corrected chi connectivity index (χ2v) is 4.15. The molecule has 19 heavy (non-hydrogen) atoms. The zero-order valence-corrected chi connectivity index (χ0v) is 11.8. The summed E-state index contributed by atoms with van der Waals surface area (Å²) in [5, 5.41) is 12.4. The van der Waals surface area contributed by atoms with Crippen molar-refractivity contribution < 1.29 is 14.2 Å². The number of benzene rings is 1. The van der Waals surface area contributed by atoms with Gasteiger partial charge in [0.05, 0.1) is 13.7 Å². The normalized spacial score (nSPS) is 10.0. The number of hydrogen-bond donors (Lipinski definition) is 1. The van der Waals surface area contributed by atoms with Crippen molar-refractivity contribution in [3.05, 3.63) is 22.7 Å². The Labute approximate surface area is 118 Å². The highest BCUT2D eigenvalue weighted by Gasteiger charge is 2.12. The number of rotatable bonds is 8. The summed E-state index contributed by atoms with van der Waals surface area (Å²) >= 11 is 6.02. The van der Waals surface area contributed by atoms with Gasteiger partial charge in [0.15, 0.2) is 18.1 Å². The van der Waals surface area contributed by atoms with Crippen molar-refractivity contribution in [1.82, 2.24) is 5.32 Å². The van der Waals surface area contributed by atoms with Gasteiger partial charge in [0.1, 0.15) is 6.07 Å². The van der Waals surface area contributed by atoms with E-state index in [4.69, 9.17) is 31.1 Å². The Morgan fingerprint density at radius 3 is 2.79 bits per heavy atom. The summed E-state index contributed by atoms with van der Waals surface area (Å²) in [6, 6.07) is 5.38. The van der Waals surface area contributed by atoms with Crippen molar-refractivity contribution in [2.75, 3.05) is 34.0 Å². The van der Waals surface area contributed by atoms with Crippen LogP contribution in [0.5, 0.6) is 11.5 Å². The molecule has 0 spiro atoms. The number of halogens is 1. The molecule has 0 aliphatic carbocycles. The second-order valence-electron chi connectivity index (χ2n) is 3.71. The Hall–Kier alpha value is -1.48. The molecule has 5 nitrogen and oxygen atoms in total. The number of nitrogens with one attached hydrogen (secondary N) is 1. The highest BCUT2D eigenvalue weighted by Crippen LogP contribution is 2.34. The fourth-order valence-electron chi connectivity index (χ4n) is 1.57. The summed E-state index contributed by atoms with van der Waals surface area (Å²) < 4.78 is 15.6. The van der Waals surface area contributed by atoms with E-state index in [-0.39, 0.29) is 6.61 Å². The maximum atomic E-state index is 8.61. The molecule has 0 bridgehead atoms. The average molecular weight is 285 g/mol. The summed E-state index contributed by atoms with van der Waals surface area (Å²) in [6.45, 7) is 1.85. The number of methoxy groups -OCH3 is 2. The highest BCUT2D eigenvalue weighted by atomic mass is 35.5. The molecule has 104 valence electrons. The molecule has 0 heterocycles. The van der Waals surface area contributed by atoms with Crippen LogP contribution in [0.15, 0.2) is 12.1 Å². The first kappa shape index (κ1) is 15.6. The lowest BCUT2D eigenvalue weighted by Crippen LogP contribution is -2.19. The third-order valence-electron chi connectivity index (χ3n) is 2.40. The molecule has 0 radical (unpaired) electrons. The second kappa shape index (κ2) is 8.59. The molecule has 0 aliphatic heterocycles. The summed E-state index contributed by atoms with van der Waals surface area (Å²) in [7, 11) is 3.18. The largest absolute Gasteiger partial charge is 0.493 e. The average Bonchev–Trinajstić information content (AvgIpc) is 2.41. The molecule has 0 fully saturated rings. The van der Waals surface area contributed by atoms with E-state index in [1.807, 2.05) is 6.07 Å². The first-order valence-electron chi connectivity index (χ1n) is 5.78. The molecule has 1 aromatic rings. The smallest absolute Gasteiger partial charge is 0.174 e. The molecule has 1 rings (SSSR count). The van der Waals surface area contributed by atoms with Crippen LogP contribution < -0.4 is 14.8 Å². The van der Waals surface area contributed by atoms with Crippen LogP contribution in [0.1, 0.15) is 5.56 Å². The van der Waals surface area contributed by atoms with E-state index < -0.39 is 0 Å². The van der Waals surface area contributed by atoms with Gasteiger partial charge >= 0.3 is 0 Å². The first-order valence-corrected chi connectivity index (χ1v) is 6.16. The summed E-state index contributed by atoms with van der Waals surface area (Å²) in [5.41, 5.74) is 0.843. The van der Waals surface area contributed by atoms with Gasteiger partial charge in [-0.1, -0.05) is 11.6 Å². The molecule has 0 unspecified atom stereocenters. The van der Waals surface area contributed by atoms with E-state index in [9.17, 15) is 0 Å². The quantitative estimate of drug-likeness (QED) is 0.740. The van der Waals surface area contributed by atoms with Gasteiger partial charge in [0, 0.05) is 36.9 Å². The van der Waals surface area contributed by atoms with Crippen LogP contribution in [-0.4, -0.2) is 34.0 Å². The molecule has 1 aromatic carbocycles. The van der Waals surface area contributed by atoms with Crippen molar-refractivity contribution in [3.8, 4) is 17.6 Å². The van der Waals surface area contributed by atoms with Crippen molar-refractivity contribution >= 4 is 11.6 Å². The minimum Gasteiger partial charge on any atom is -0.493 e. The minimum absolute atomic E-state index is 0.0386. The van der Waals surface area contributed by atoms with E-state index in [2.05, 4.69) is 5.32 Å². The van der Waals surface area contributed by atoms with Gasteiger partial charge in [-0.3, -0.25) is 0 Å². The van der Waals surface area contributed by atoms with Crippen LogP contribution in [0.25, 0.3) is 0 Å². The fourth-order valence-corrected chi connectivity index (χ4v) is 1.80. The third kappa shape index (κ3) is 4.95. The van der Waals surface area contributed by atoms with Crippen molar-refractivity contribution in [2.24, 2.45) is 0 Å². The molecule has 1 N–H and O–H groups in total. The monoisotopic (exact) mass is 284 g/mol. The van der Waals surface area contributed by atoms with E-state index in [1.54, 1.807) is 19.2 Å². The number of nitriles is 1. The van der Waals surface area contributed by atoms with Crippen LogP contribution in [0.4, 0.5) is 0 Å². The Morgan fingerprint density at radius 2 is 2.16 bits per heavy atom. The summed E-state index contributed by atoms with van der Waals surface area (Å²) in [5.74, 6) is 1.06. The predicted molar refractivity (Wildman–Crippen MR) is 72.7 cm³/mol. The van der Waals surface area contributed by atoms with Crippen molar-refractivity contribution in [2.45, 2.75) is 6.54 Å². The number of nitrogens with zero attached hydrogens (tertiary/aromatic N) is 1. The lowest BCUT2D eigenvalue weighted by Gasteiger charge is -2.14. The van der Waals surface area contributed by atoms with Gasteiger partial charge in [-0.05, 0) is 6.07 Å². The molecule has 0 amide bonds. The molecular formula is C13H17ClN2O3. The SMILES string of the molecule is COCCNCc1cc(Cl)cc(OC)c1OCC#N. The standard InChI is InChI=1S/C13H17ClN2O3/c1-17-6-4-16-9-10-7-11(14)8-12(18-2)13(10)19-5-3-15/h7-8,16H,4-6,9H2,1-2H3.